The van der Waals surface area contributed by atoms with E-state index >= 15 is 0 Å². The lowest BCUT2D eigenvalue weighted by Gasteiger charge is -2.18. The Balaban J connectivity index is 2.63. The third-order valence-electron chi connectivity index (χ3n) is 3.21. The number of rotatable bonds is 6. The van der Waals surface area contributed by atoms with E-state index in [2.05, 4.69) is 27.5 Å². The van der Waals surface area contributed by atoms with Crippen LogP contribution in [0.15, 0.2) is 65.9 Å². The molecular formula is C17H17BrN2O2S. The summed E-state index contributed by atoms with van der Waals surface area (Å²) in [5, 5.41) is 0. The number of aryl methyl sites for hydroxylation is 1. The fourth-order valence-corrected chi connectivity index (χ4v) is 2.89. The highest BCUT2D eigenvalue weighted by Crippen LogP contribution is 2.28. The molecule has 0 saturated heterocycles. The van der Waals surface area contributed by atoms with E-state index in [1.165, 1.54) is 4.31 Å². The molecule has 23 heavy (non-hydrogen) atoms. The summed E-state index contributed by atoms with van der Waals surface area (Å²) >= 11 is 1.30. The highest BCUT2D eigenvalue weighted by molar-refractivity contribution is 9.10. The topological polar surface area (TPSA) is 53.4 Å². The zero-order valence-electron chi connectivity index (χ0n) is 12.6. The largest absolute Gasteiger partial charge is 0.289 e. The van der Waals surface area contributed by atoms with E-state index in [1.54, 1.807) is 18.5 Å². The van der Waals surface area contributed by atoms with Gasteiger partial charge in [-0.25, -0.2) is 4.21 Å². The van der Waals surface area contributed by atoms with Crippen LogP contribution in [-0.2, 0) is 11.3 Å². The third kappa shape index (κ3) is 4.60. The molecule has 120 valence electrons. The average Bonchev–Trinajstić information content (AvgIpc) is 2.54. The summed E-state index contributed by atoms with van der Waals surface area (Å²) in [7, 11) is 0. The molecule has 1 aromatic heterocycles. The van der Waals surface area contributed by atoms with Crippen LogP contribution >= 0.6 is 15.9 Å². The SMILES string of the molecule is C=CCN(/C=C(\c1ccccc1)c1cc(Br)cnc1C)S(=O)O. The van der Waals surface area contributed by atoms with Gasteiger partial charge >= 0.3 is 0 Å². The molecule has 0 fully saturated rings. The molecule has 2 rings (SSSR count). The van der Waals surface area contributed by atoms with Crippen molar-refractivity contribution in [2.75, 3.05) is 6.54 Å². The van der Waals surface area contributed by atoms with E-state index in [0.717, 1.165) is 26.9 Å². The average molecular weight is 393 g/mol. The first-order chi connectivity index (χ1) is 11.0. The molecule has 0 aliphatic carbocycles. The smallest absolute Gasteiger partial charge is 0.261 e. The second-order valence-electron chi connectivity index (χ2n) is 4.81. The fourth-order valence-electron chi connectivity index (χ4n) is 2.13. The van der Waals surface area contributed by atoms with Gasteiger partial charge in [0.2, 0.25) is 0 Å². The standard InChI is InChI=1S/C17H17BrN2O2S/c1-3-9-20(23(21)22)12-17(14-7-5-4-6-8-14)16-10-15(18)11-19-13(16)2/h3-8,10-12H,1,9H2,2H3,(H,21,22)/b17-12+. The van der Waals surface area contributed by atoms with E-state index < -0.39 is 11.3 Å². The Labute approximate surface area is 147 Å². The van der Waals surface area contributed by atoms with Crippen molar-refractivity contribution >= 4 is 32.8 Å². The van der Waals surface area contributed by atoms with Crippen LogP contribution in [0.1, 0.15) is 16.8 Å². The molecule has 0 amide bonds. The summed E-state index contributed by atoms with van der Waals surface area (Å²) < 4.78 is 23.2. The molecule has 1 atom stereocenters. The van der Waals surface area contributed by atoms with Gasteiger partial charge in [0, 0.05) is 33.7 Å². The third-order valence-corrected chi connectivity index (χ3v) is 4.30. The van der Waals surface area contributed by atoms with Crippen molar-refractivity contribution in [2.24, 2.45) is 0 Å². The van der Waals surface area contributed by atoms with Gasteiger partial charge in [0.05, 0.1) is 6.54 Å². The number of hydrogen-bond donors (Lipinski definition) is 1. The Morgan fingerprint density at radius 3 is 2.74 bits per heavy atom. The van der Waals surface area contributed by atoms with Crippen LogP contribution in [0.4, 0.5) is 0 Å². The van der Waals surface area contributed by atoms with E-state index in [9.17, 15) is 8.76 Å². The van der Waals surface area contributed by atoms with Gasteiger partial charge in [-0.05, 0) is 34.5 Å². The van der Waals surface area contributed by atoms with Crippen molar-refractivity contribution in [1.29, 1.82) is 0 Å². The normalized spacial score (nSPS) is 12.7. The molecule has 0 spiro atoms. The summed E-state index contributed by atoms with van der Waals surface area (Å²) in [6, 6.07) is 11.7. The van der Waals surface area contributed by atoms with Crippen molar-refractivity contribution in [3.05, 3.63) is 82.7 Å². The number of nitrogens with zero attached hydrogens (tertiary/aromatic N) is 2. The molecule has 4 nitrogen and oxygen atoms in total. The lowest BCUT2D eigenvalue weighted by Crippen LogP contribution is -2.20. The van der Waals surface area contributed by atoms with Gasteiger partial charge in [0.1, 0.15) is 0 Å². The Hall–Kier alpha value is -1.76. The number of benzene rings is 1. The molecule has 1 heterocycles. The lowest BCUT2D eigenvalue weighted by molar-refractivity contribution is 0.493. The zero-order valence-corrected chi connectivity index (χ0v) is 15.0. The van der Waals surface area contributed by atoms with Gasteiger partial charge in [0.25, 0.3) is 11.3 Å². The predicted octanol–water partition coefficient (Wildman–Crippen LogP) is 4.17. The fraction of sp³-hybridized carbons (Fsp3) is 0.118. The molecule has 1 N–H and O–H groups in total. The highest BCUT2D eigenvalue weighted by Gasteiger charge is 2.13. The van der Waals surface area contributed by atoms with Gasteiger partial charge < -0.3 is 0 Å². The molecule has 0 radical (unpaired) electrons. The maximum absolute atomic E-state index is 11.6. The van der Waals surface area contributed by atoms with Crippen LogP contribution in [0.2, 0.25) is 0 Å². The van der Waals surface area contributed by atoms with Crippen LogP contribution in [0.25, 0.3) is 5.57 Å². The Bertz CT molecular complexity index is 748. The first-order valence-electron chi connectivity index (χ1n) is 6.91. The van der Waals surface area contributed by atoms with Crippen LogP contribution in [0.3, 0.4) is 0 Å². The van der Waals surface area contributed by atoms with Gasteiger partial charge in [-0.15, -0.1) is 6.58 Å². The molecular weight excluding hydrogens is 376 g/mol. The van der Waals surface area contributed by atoms with Gasteiger partial charge in [-0.1, -0.05) is 36.4 Å². The van der Waals surface area contributed by atoms with E-state index in [4.69, 9.17) is 0 Å². The van der Waals surface area contributed by atoms with Crippen molar-refractivity contribution in [3.8, 4) is 0 Å². The van der Waals surface area contributed by atoms with Gasteiger partial charge in [0.15, 0.2) is 0 Å². The summed E-state index contributed by atoms with van der Waals surface area (Å²) in [4.78, 5) is 4.36. The van der Waals surface area contributed by atoms with E-state index in [-0.39, 0.29) is 6.54 Å². The molecule has 0 saturated carbocycles. The number of aromatic nitrogens is 1. The Morgan fingerprint density at radius 2 is 2.13 bits per heavy atom. The Kier molecular flexibility index (Phi) is 6.27. The van der Waals surface area contributed by atoms with E-state index in [1.807, 2.05) is 43.3 Å². The van der Waals surface area contributed by atoms with Crippen LogP contribution in [0.5, 0.6) is 0 Å². The predicted molar refractivity (Wildman–Crippen MR) is 97.9 cm³/mol. The van der Waals surface area contributed by atoms with E-state index in [0.29, 0.717) is 0 Å². The van der Waals surface area contributed by atoms with Crippen molar-refractivity contribution in [3.63, 3.8) is 0 Å². The summed E-state index contributed by atoms with van der Waals surface area (Å²) in [6.45, 7) is 5.80. The number of pyridine rings is 1. The molecule has 6 heteroatoms. The first-order valence-corrected chi connectivity index (χ1v) is 8.77. The minimum absolute atomic E-state index is 0.264. The van der Waals surface area contributed by atoms with Crippen molar-refractivity contribution in [1.82, 2.24) is 9.29 Å². The summed E-state index contributed by atoms with van der Waals surface area (Å²) in [5.41, 5.74) is 3.49. The minimum Gasteiger partial charge on any atom is -0.289 e. The highest BCUT2D eigenvalue weighted by atomic mass is 79.9. The van der Waals surface area contributed by atoms with Gasteiger partial charge in [-0.2, -0.15) is 0 Å². The number of hydrogen-bond acceptors (Lipinski definition) is 2. The second-order valence-corrected chi connectivity index (χ2v) is 6.66. The lowest BCUT2D eigenvalue weighted by atomic mass is 9.98. The van der Waals surface area contributed by atoms with Crippen molar-refractivity contribution in [2.45, 2.75) is 6.92 Å². The molecule has 0 aliphatic rings. The maximum atomic E-state index is 11.6. The zero-order chi connectivity index (χ0) is 16.8. The molecule has 0 aliphatic heterocycles. The monoisotopic (exact) mass is 392 g/mol. The number of halogens is 1. The second kappa shape index (κ2) is 8.19. The van der Waals surface area contributed by atoms with Crippen molar-refractivity contribution < 1.29 is 8.76 Å². The maximum Gasteiger partial charge on any atom is 0.261 e. The Morgan fingerprint density at radius 1 is 1.43 bits per heavy atom. The summed E-state index contributed by atoms with van der Waals surface area (Å²) in [5.74, 6) is 0. The van der Waals surface area contributed by atoms with Crippen LogP contribution < -0.4 is 0 Å². The molecule has 1 unspecified atom stereocenters. The van der Waals surface area contributed by atoms with Crippen LogP contribution in [-0.4, -0.2) is 24.6 Å². The quantitative estimate of drug-likeness (QED) is 0.592. The summed E-state index contributed by atoms with van der Waals surface area (Å²) in [6.07, 6.45) is 4.98. The molecule has 0 bridgehead atoms. The molecule has 2 aromatic rings. The van der Waals surface area contributed by atoms with Crippen LogP contribution in [0, 0.1) is 6.92 Å². The first kappa shape index (κ1) is 17.6. The minimum atomic E-state index is -2.13. The van der Waals surface area contributed by atoms with Gasteiger partial charge in [-0.3, -0.25) is 13.8 Å². The molecule has 1 aromatic carbocycles.